The molecule has 0 aromatic heterocycles. The number of carbonyl (C=O) groups is 4. The van der Waals surface area contributed by atoms with Crippen LogP contribution in [0.25, 0.3) is 0 Å². The van der Waals surface area contributed by atoms with E-state index in [1.807, 2.05) is 0 Å². The monoisotopic (exact) mass is 1440 g/mol. The van der Waals surface area contributed by atoms with Gasteiger partial charge in [-0.1, -0.05) is 357 Å². The highest BCUT2D eigenvalue weighted by Gasteiger charge is 2.30. The van der Waals surface area contributed by atoms with Crippen molar-refractivity contribution in [2.45, 2.75) is 426 Å². The Morgan fingerprint density at radius 2 is 0.520 bits per heavy atom. The van der Waals surface area contributed by atoms with E-state index in [-0.39, 0.29) is 25.7 Å². The van der Waals surface area contributed by atoms with Crippen molar-refractivity contribution >= 4 is 39.5 Å². The molecule has 0 rings (SSSR count). The number of esters is 4. The van der Waals surface area contributed by atoms with E-state index in [1.54, 1.807) is 0 Å². The van der Waals surface area contributed by atoms with Crippen LogP contribution < -0.4 is 0 Å². The third-order valence-electron chi connectivity index (χ3n) is 19.1. The van der Waals surface area contributed by atoms with E-state index in [0.29, 0.717) is 25.7 Å². The standard InChI is InChI=1S/C79H154O17P2/c1-8-11-12-13-14-15-16-17-18-19-23-26-29-32-38-46-53-60-76(81)89-66-74(95-78(83)62-55-48-39-33-30-27-24-21-20-22-25-28-31-36-43-50-57-70(4)5)68-93-97(85,86)91-64-73(80)65-92-98(87,88)94-69-75(67-90-77(82)61-54-47-42-41-45-52-59-72(7)10-3)96-79(84)63-56-49-40-35-34-37-44-51-58-71(6)9-2/h70-75,80H,8-69H2,1-7H3,(H,85,86)(H,87,88)/t71?,72?,73-,74-,75-/m1/s1. The molecule has 0 bridgehead atoms. The van der Waals surface area contributed by atoms with Crippen LogP contribution >= 0.6 is 15.6 Å². The van der Waals surface area contributed by atoms with Crippen LogP contribution in [0.2, 0.25) is 0 Å². The van der Waals surface area contributed by atoms with Gasteiger partial charge in [-0.25, -0.2) is 9.13 Å². The molecule has 0 fully saturated rings. The maximum absolute atomic E-state index is 13.1. The minimum atomic E-state index is -4.96. The number of aliphatic hydroxyl groups excluding tert-OH is 1. The molecule has 0 saturated heterocycles. The maximum Gasteiger partial charge on any atom is 0.472 e. The first-order valence-corrected chi connectivity index (χ1v) is 43.9. The molecule has 0 aliphatic rings. The van der Waals surface area contributed by atoms with E-state index in [0.717, 1.165) is 114 Å². The van der Waals surface area contributed by atoms with Gasteiger partial charge in [0, 0.05) is 25.7 Å². The number of hydrogen-bond acceptors (Lipinski definition) is 15. The first-order chi connectivity index (χ1) is 47.3. The Morgan fingerprint density at radius 3 is 0.776 bits per heavy atom. The van der Waals surface area contributed by atoms with Gasteiger partial charge < -0.3 is 33.8 Å². The lowest BCUT2D eigenvalue weighted by molar-refractivity contribution is -0.161. The number of phosphoric ester groups is 2. The van der Waals surface area contributed by atoms with Gasteiger partial charge in [0.25, 0.3) is 0 Å². The molecule has 0 aliphatic heterocycles. The predicted molar refractivity (Wildman–Crippen MR) is 400 cm³/mol. The fraction of sp³-hybridized carbons (Fsp3) is 0.949. The quantitative estimate of drug-likeness (QED) is 0.0222. The summed E-state index contributed by atoms with van der Waals surface area (Å²) < 4.78 is 68.6. The second-order valence-corrected chi connectivity index (χ2v) is 32.3. The Balaban J connectivity index is 5.24. The number of carbonyl (C=O) groups excluding carboxylic acids is 4. The maximum atomic E-state index is 13.1. The number of phosphoric acid groups is 2. The minimum absolute atomic E-state index is 0.104. The van der Waals surface area contributed by atoms with E-state index >= 15 is 0 Å². The van der Waals surface area contributed by atoms with Gasteiger partial charge >= 0.3 is 39.5 Å². The normalized spacial score (nSPS) is 14.6. The van der Waals surface area contributed by atoms with Crippen molar-refractivity contribution in [3.63, 3.8) is 0 Å². The topological polar surface area (TPSA) is 237 Å². The van der Waals surface area contributed by atoms with Crippen LogP contribution in [0.3, 0.4) is 0 Å². The van der Waals surface area contributed by atoms with Crippen LogP contribution in [0.1, 0.15) is 408 Å². The molecule has 0 aliphatic carbocycles. The molecular formula is C79H154O17P2. The molecule has 19 heteroatoms. The summed E-state index contributed by atoms with van der Waals surface area (Å²) >= 11 is 0. The van der Waals surface area contributed by atoms with Gasteiger partial charge in [0.15, 0.2) is 12.2 Å². The lowest BCUT2D eigenvalue weighted by Gasteiger charge is -2.21. The molecule has 98 heavy (non-hydrogen) atoms. The molecule has 0 saturated carbocycles. The van der Waals surface area contributed by atoms with Gasteiger partial charge in [0.2, 0.25) is 0 Å². The molecule has 0 aromatic rings. The molecule has 0 heterocycles. The highest BCUT2D eigenvalue weighted by molar-refractivity contribution is 7.47. The molecular weight excluding hydrogens is 1280 g/mol. The van der Waals surface area contributed by atoms with Crippen LogP contribution in [-0.2, 0) is 65.4 Å². The van der Waals surface area contributed by atoms with E-state index in [1.165, 1.54) is 212 Å². The summed E-state index contributed by atoms with van der Waals surface area (Å²) in [5, 5.41) is 10.6. The SMILES string of the molecule is CCCCCCCCCCCCCCCCCCCC(=O)OC[C@H](COP(=O)(O)OC[C@@H](O)COP(=O)(O)OC[C@@H](COC(=O)CCCCCCCCC(C)CC)OC(=O)CCCCCCCCCCC(C)CC)OC(=O)CCCCCCCCCCCCCCCCCCC(C)C. The highest BCUT2D eigenvalue weighted by atomic mass is 31.2. The summed E-state index contributed by atoms with van der Waals surface area (Å²) in [6, 6.07) is 0. The van der Waals surface area contributed by atoms with Gasteiger partial charge in [-0.05, 0) is 43.4 Å². The van der Waals surface area contributed by atoms with Crippen molar-refractivity contribution in [2.24, 2.45) is 17.8 Å². The second-order valence-electron chi connectivity index (χ2n) is 29.4. The molecule has 3 N–H and O–H groups in total. The van der Waals surface area contributed by atoms with Crippen LogP contribution in [0.15, 0.2) is 0 Å². The molecule has 0 aromatic carbocycles. The largest absolute Gasteiger partial charge is 0.472 e. The van der Waals surface area contributed by atoms with Crippen LogP contribution in [0, 0.1) is 17.8 Å². The van der Waals surface area contributed by atoms with Crippen molar-refractivity contribution in [3.8, 4) is 0 Å². The third-order valence-corrected chi connectivity index (χ3v) is 21.0. The van der Waals surface area contributed by atoms with Gasteiger partial charge in [0.05, 0.1) is 26.4 Å². The van der Waals surface area contributed by atoms with Crippen molar-refractivity contribution in [1.82, 2.24) is 0 Å². The summed E-state index contributed by atoms with van der Waals surface area (Å²) in [6.45, 7) is 11.9. The lowest BCUT2D eigenvalue weighted by atomic mass is 9.99. The third kappa shape index (κ3) is 69.8. The lowest BCUT2D eigenvalue weighted by Crippen LogP contribution is -2.30. The van der Waals surface area contributed by atoms with E-state index in [2.05, 4.69) is 48.5 Å². The summed E-state index contributed by atoms with van der Waals surface area (Å²) in [5.41, 5.74) is 0. The molecule has 0 spiro atoms. The van der Waals surface area contributed by atoms with Crippen LogP contribution in [-0.4, -0.2) is 96.7 Å². The highest BCUT2D eigenvalue weighted by Crippen LogP contribution is 2.45. The predicted octanol–water partition coefficient (Wildman–Crippen LogP) is 23.4. The Morgan fingerprint density at radius 1 is 0.296 bits per heavy atom. The Labute approximate surface area is 600 Å². The van der Waals surface area contributed by atoms with Gasteiger partial charge in [-0.15, -0.1) is 0 Å². The molecule has 0 amide bonds. The van der Waals surface area contributed by atoms with Crippen molar-refractivity contribution < 1.29 is 80.2 Å². The number of hydrogen-bond donors (Lipinski definition) is 3. The molecule has 4 unspecified atom stereocenters. The van der Waals surface area contributed by atoms with Gasteiger partial charge in [-0.2, -0.15) is 0 Å². The van der Waals surface area contributed by atoms with Gasteiger partial charge in [-0.3, -0.25) is 37.3 Å². The molecule has 17 nitrogen and oxygen atoms in total. The summed E-state index contributed by atoms with van der Waals surface area (Å²) in [5.74, 6) is 0.193. The average molecular weight is 1440 g/mol. The van der Waals surface area contributed by atoms with E-state index < -0.39 is 97.5 Å². The zero-order valence-electron chi connectivity index (χ0n) is 64.3. The summed E-state index contributed by atoms with van der Waals surface area (Å²) in [7, 11) is -9.92. The van der Waals surface area contributed by atoms with E-state index in [9.17, 15) is 43.2 Å². The molecule has 0 radical (unpaired) electrons. The van der Waals surface area contributed by atoms with Crippen LogP contribution in [0.5, 0.6) is 0 Å². The first kappa shape index (κ1) is 96.1. The summed E-state index contributed by atoms with van der Waals surface area (Å²) in [4.78, 5) is 72.9. The second kappa shape index (κ2) is 69.4. The number of aliphatic hydroxyl groups is 1. The Kier molecular flexibility index (Phi) is 68.1. The molecule has 582 valence electrons. The minimum Gasteiger partial charge on any atom is -0.462 e. The Bertz CT molecular complexity index is 1910. The first-order valence-electron chi connectivity index (χ1n) is 40.9. The average Bonchev–Trinajstić information content (AvgIpc) is 0.945. The fourth-order valence-corrected chi connectivity index (χ4v) is 13.6. The van der Waals surface area contributed by atoms with Crippen molar-refractivity contribution in [2.75, 3.05) is 39.6 Å². The number of unbranched alkanes of at least 4 members (excludes halogenated alkanes) is 43. The Hall–Kier alpha value is -1.94. The van der Waals surface area contributed by atoms with Crippen molar-refractivity contribution in [3.05, 3.63) is 0 Å². The number of ether oxygens (including phenoxy) is 4. The van der Waals surface area contributed by atoms with Crippen LogP contribution in [0.4, 0.5) is 0 Å². The molecule has 7 atom stereocenters. The van der Waals surface area contributed by atoms with E-state index in [4.69, 9.17) is 37.0 Å². The smallest absolute Gasteiger partial charge is 0.462 e. The van der Waals surface area contributed by atoms with Gasteiger partial charge in [0.1, 0.15) is 19.3 Å². The fourth-order valence-electron chi connectivity index (χ4n) is 12.1. The summed E-state index contributed by atoms with van der Waals surface area (Å²) in [6.07, 6.45) is 56.9. The number of rotatable bonds is 77. The zero-order valence-corrected chi connectivity index (χ0v) is 66.0. The zero-order chi connectivity index (χ0) is 72.3. The van der Waals surface area contributed by atoms with Crippen molar-refractivity contribution in [1.29, 1.82) is 0 Å².